The van der Waals surface area contributed by atoms with Crippen LogP contribution >= 0.6 is 11.3 Å². The lowest BCUT2D eigenvalue weighted by Gasteiger charge is -2.35. The lowest BCUT2D eigenvalue weighted by atomic mass is 10.1. The summed E-state index contributed by atoms with van der Waals surface area (Å²) in [4.78, 5) is 28.4. The van der Waals surface area contributed by atoms with E-state index in [2.05, 4.69) is 24.4 Å². The maximum atomic E-state index is 15.0. The van der Waals surface area contributed by atoms with E-state index in [1.807, 2.05) is 11.8 Å². The fourth-order valence-corrected chi connectivity index (χ4v) is 4.80. The van der Waals surface area contributed by atoms with E-state index >= 15 is 4.39 Å². The number of carboxylic acids is 1. The van der Waals surface area contributed by atoms with Gasteiger partial charge < -0.3 is 19.9 Å². The van der Waals surface area contributed by atoms with E-state index in [9.17, 15) is 14.7 Å². The van der Waals surface area contributed by atoms with Gasteiger partial charge in [0.25, 0.3) is 0 Å². The van der Waals surface area contributed by atoms with Crippen LogP contribution in [-0.2, 0) is 6.54 Å². The van der Waals surface area contributed by atoms with Crippen molar-refractivity contribution in [1.29, 1.82) is 0 Å². The highest BCUT2D eigenvalue weighted by Gasteiger charge is 2.25. The molecule has 29 heavy (non-hydrogen) atoms. The Bertz CT molecular complexity index is 1150. The van der Waals surface area contributed by atoms with Gasteiger partial charge in [-0.3, -0.25) is 4.79 Å². The maximum Gasteiger partial charge on any atom is 0.341 e. The largest absolute Gasteiger partial charge is 0.477 e. The number of aromatic carboxylic acids is 1. The van der Waals surface area contributed by atoms with Gasteiger partial charge in [-0.25, -0.2) is 9.18 Å². The number of benzene rings is 1. The predicted molar refractivity (Wildman–Crippen MR) is 113 cm³/mol. The minimum absolute atomic E-state index is 0.0913. The molecule has 1 aromatic carbocycles. The lowest BCUT2D eigenvalue weighted by Crippen LogP contribution is -2.46. The van der Waals surface area contributed by atoms with Crippen molar-refractivity contribution in [2.75, 3.05) is 24.5 Å². The van der Waals surface area contributed by atoms with Gasteiger partial charge in [0.15, 0.2) is 0 Å². The summed E-state index contributed by atoms with van der Waals surface area (Å²) in [5.41, 5.74) is -0.0281. The standard InChI is InChI=1S/C21H22FN3O3S/c1-3-24-10-14(21(27)28)20(26)13-8-15(22)18(9-17(13)24)25-7-6-23-16(11-25)19-5-4-12(2)29-19/h4-5,8-10,16,23H,3,6-7,11H2,1-2H3,(H,27,28). The van der Waals surface area contributed by atoms with Gasteiger partial charge in [-0.15, -0.1) is 11.3 Å². The zero-order chi connectivity index (χ0) is 20.7. The minimum Gasteiger partial charge on any atom is -0.477 e. The Kier molecular flexibility index (Phi) is 5.14. The van der Waals surface area contributed by atoms with Gasteiger partial charge in [0.2, 0.25) is 5.43 Å². The van der Waals surface area contributed by atoms with Crippen molar-refractivity contribution < 1.29 is 14.3 Å². The fraction of sp³-hybridized carbons (Fsp3) is 0.333. The molecule has 0 aliphatic carbocycles. The SMILES string of the molecule is CCn1cc(C(=O)O)c(=O)c2cc(F)c(N3CCNC(c4ccc(C)s4)C3)cc21. The van der Waals surface area contributed by atoms with Crippen LogP contribution < -0.4 is 15.6 Å². The summed E-state index contributed by atoms with van der Waals surface area (Å²) in [6, 6.07) is 7.14. The molecular weight excluding hydrogens is 393 g/mol. The number of aromatic nitrogens is 1. The van der Waals surface area contributed by atoms with Crippen molar-refractivity contribution in [3.05, 3.63) is 61.8 Å². The third kappa shape index (κ3) is 3.54. The summed E-state index contributed by atoms with van der Waals surface area (Å²) in [7, 11) is 0. The number of rotatable bonds is 4. The molecule has 6 nitrogen and oxygen atoms in total. The van der Waals surface area contributed by atoms with Crippen LogP contribution in [0, 0.1) is 12.7 Å². The number of nitrogens with zero attached hydrogens (tertiary/aromatic N) is 2. The third-order valence-electron chi connectivity index (χ3n) is 5.34. The Labute approximate surface area is 171 Å². The van der Waals surface area contributed by atoms with Crippen molar-refractivity contribution in [3.63, 3.8) is 0 Å². The number of fused-ring (bicyclic) bond motifs is 1. The first-order valence-electron chi connectivity index (χ1n) is 9.53. The van der Waals surface area contributed by atoms with Crippen molar-refractivity contribution in [1.82, 2.24) is 9.88 Å². The molecular formula is C21H22FN3O3S. The van der Waals surface area contributed by atoms with Gasteiger partial charge in [-0.05, 0) is 38.1 Å². The van der Waals surface area contributed by atoms with Gasteiger partial charge in [0.1, 0.15) is 11.4 Å². The highest BCUT2D eigenvalue weighted by Crippen LogP contribution is 2.30. The Hall–Kier alpha value is -2.71. The van der Waals surface area contributed by atoms with Crippen molar-refractivity contribution in [2.45, 2.75) is 26.4 Å². The highest BCUT2D eigenvalue weighted by atomic mass is 32.1. The molecule has 2 aromatic heterocycles. The first-order valence-corrected chi connectivity index (χ1v) is 10.3. The normalized spacial score (nSPS) is 17.1. The second-order valence-corrected chi connectivity index (χ2v) is 8.50. The summed E-state index contributed by atoms with van der Waals surface area (Å²) in [6.07, 6.45) is 1.34. The first kappa shape index (κ1) is 19.6. The number of carbonyl (C=O) groups is 1. The van der Waals surface area contributed by atoms with Gasteiger partial charge in [0.05, 0.1) is 17.2 Å². The van der Waals surface area contributed by atoms with E-state index in [0.717, 1.165) is 6.54 Å². The van der Waals surface area contributed by atoms with Crippen LogP contribution in [0.2, 0.25) is 0 Å². The van der Waals surface area contributed by atoms with E-state index in [4.69, 9.17) is 0 Å². The van der Waals surface area contributed by atoms with Crippen LogP contribution in [-0.4, -0.2) is 35.3 Å². The molecule has 0 spiro atoms. The smallest absolute Gasteiger partial charge is 0.341 e. The zero-order valence-corrected chi connectivity index (χ0v) is 17.1. The van der Waals surface area contributed by atoms with Crippen LogP contribution in [0.5, 0.6) is 0 Å². The van der Waals surface area contributed by atoms with Gasteiger partial charge >= 0.3 is 5.97 Å². The maximum absolute atomic E-state index is 15.0. The predicted octanol–water partition coefficient (Wildman–Crippen LogP) is 3.38. The number of anilines is 1. The Balaban J connectivity index is 1.78. The molecule has 0 bridgehead atoms. The molecule has 1 aliphatic rings. The lowest BCUT2D eigenvalue weighted by molar-refractivity contribution is 0.0695. The molecule has 1 atom stereocenters. The summed E-state index contributed by atoms with van der Waals surface area (Å²) in [6.45, 7) is 6.38. The van der Waals surface area contributed by atoms with Crippen molar-refractivity contribution in [2.24, 2.45) is 0 Å². The third-order valence-corrected chi connectivity index (χ3v) is 6.45. The molecule has 152 valence electrons. The molecule has 1 aliphatic heterocycles. The van der Waals surface area contributed by atoms with Crippen LogP contribution in [0.15, 0.2) is 35.3 Å². The van der Waals surface area contributed by atoms with Crippen LogP contribution in [0.1, 0.15) is 33.1 Å². The summed E-state index contributed by atoms with van der Waals surface area (Å²) < 4.78 is 16.7. The van der Waals surface area contributed by atoms with E-state index in [1.165, 1.54) is 22.0 Å². The van der Waals surface area contributed by atoms with Crippen molar-refractivity contribution in [3.8, 4) is 0 Å². The summed E-state index contributed by atoms with van der Waals surface area (Å²) in [5.74, 6) is -1.82. The number of hydrogen-bond donors (Lipinski definition) is 2. The van der Waals surface area contributed by atoms with E-state index in [-0.39, 0.29) is 17.0 Å². The van der Waals surface area contributed by atoms with Crippen molar-refractivity contribution >= 4 is 33.9 Å². The summed E-state index contributed by atoms with van der Waals surface area (Å²) in [5, 5.41) is 12.9. The van der Waals surface area contributed by atoms with Gasteiger partial charge in [0, 0.05) is 47.5 Å². The summed E-state index contributed by atoms with van der Waals surface area (Å²) >= 11 is 1.73. The molecule has 0 radical (unpaired) electrons. The quantitative estimate of drug-likeness (QED) is 0.683. The molecule has 1 fully saturated rings. The molecule has 1 saturated heterocycles. The number of aryl methyl sites for hydroxylation is 2. The average molecular weight is 415 g/mol. The molecule has 0 saturated carbocycles. The van der Waals surface area contributed by atoms with Gasteiger partial charge in [-0.1, -0.05) is 0 Å². The second kappa shape index (κ2) is 7.61. The minimum atomic E-state index is -1.31. The topological polar surface area (TPSA) is 74.6 Å². The number of nitrogens with one attached hydrogen (secondary N) is 1. The zero-order valence-electron chi connectivity index (χ0n) is 16.2. The van der Waals surface area contributed by atoms with Crippen LogP contribution in [0.3, 0.4) is 0 Å². The fourth-order valence-electron chi connectivity index (χ4n) is 3.86. The number of halogens is 1. The van der Waals surface area contributed by atoms with Gasteiger partial charge in [-0.2, -0.15) is 0 Å². The first-order chi connectivity index (χ1) is 13.9. The molecule has 0 amide bonds. The van der Waals surface area contributed by atoms with Crippen LogP contribution in [0.25, 0.3) is 10.9 Å². The van der Waals surface area contributed by atoms with E-state index in [1.54, 1.807) is 22.0 Å². The van der Waals surface area contributed by atoms with E-state index in [0.29, 0.717) is 30.8 Å². The molecule has 2 N–H and O–H groups in total. The Morgan fingerprint density at radius 1 is 1.38 bits per heavy atom. The Morgan fingerprint density at radius 2 is 2.17 bits per heavy atom. The molecule has 4 rings (SSSR count). The molecule has 3 heterocycles. The average Bonchev–Trinajstić information content (AvgIpc) is 3.14. The number of pyridine rings is 1. The number of piperazine rings is 1. The second-order valence-electron chi connectivity index (χ2n) is 7.18. The Morgan fingerprint density at radius 3 is 2.83 bits per heavy atom. The molecule has 1 unspecified atom stereocenters. The monoisotopic (exact) mass is 415 g/mol. The van der Waals surface area contributed by atoms with E-state index < -0.39 is 17.2 Å². The number of carboxylic acid groups (broad SMARTS) is 1. The van der Waals surface area contributed by atoms with Crippen LogP contribution in [0.4, 0.5) is 10.1 Å². The molecule has 3 aromatic rings. The highest BCUT2D eigenvalue weighted by molar-refractivity contribution is 7.12. The number of hydrogen-bond acceptors (Lipinski definition) is 5. The number of thiophene rings is 1. The molecule has 8 heteroatoms.